The van der Waals surface area contributed by atoms with Gasteiger partial charge in [-0.3, -0.25) is 14.4 Å². The summed E-state index contributed by atoms with van der Waals surface area (Å²) in [5.74, 6) is -0.936. The molecular weight excluding hydrogens is 649 g/mol. The molecule has 300 valence electrons. The Morgan fingerprint density at radius 3 is 1.21 bits per heavy atom. The fraction of sp³-hybridized carbons (Fsp3) is 0.761. The second kappa shape index (κ2) is 41.1. The van der Waals surface area contributed by atoms with Crippen molar-refractivity contribution in [2.75, 3.05) is 13.2 Å². The van der Waals surface area contributed by atoms with Gasteiger partial charge in [-0.1, -0.05) is 159 Å². The third-order valence-electron chi connectivity index (χ3n) is 9.07. The molecule has 0 rings (SSSR count). The van der Waals surface area contributed by atoms with E-state index in [1.54, 1.807) is 0 Å². The van der Waals surface area contributed by atoms with E-state index in [0.717, 1.165) is 89.9 Å². The quantitative estimate of drug-likeness (QED) is 0.0272. The minimum absolute atomic E-state index is 0.0875. The van der Waals surface area contributed by atoms with Crippen LogP contribution < -0.4 is 0 Å². The number of carbonyl (C=O) groups is 3. The highest BCUT2D eigenvalue weighted by atomic mass is 16.6. The van der Waals surface area contributed by atoms with Gasteiger partial charge < -0.3 is 14.2 Å². The van der Waals surface area contributed by atoms with E-state index >= 15 is 0 Å². The van der Waals surface area contributed by atoms with E-state index in [1.807, 2.05) is 0 Å². The molecule has 0 aliphatic rings. The number of carbonyl (C=O) groups excluding carboxylic acids is 3. The largest absolute Gasteiger partial charge is 0.462 e. The number of hydrogen-bond acceptors (Lipinski definition) is 6. The molecular formula is C46H80O6. The van der Waals surface area contributed by atoms with Crippen LogP contribution in [0.25, 0.3) is 0 Å². The van der Waals surface area contributed by atoms with E-state index in [1.165, 1.54) is 77.0 Å². The van der Waals surface area contributed by atoms with E-state index in [0.29, 0.717) is 19.3 Å². The van der Waals surface area contributed by atoms with Gasteiger partial charge in [-0.15, -0.1) is 0 Å². The van der Waals surface area contributed by atoms with Crippen molar-refractivity contribution in [1.82, 2.24) is 0 Å². The summed E-state index contributed by atoms with van der Waals surface area (Å²) in [6.07, 6.45) is 46.7. The predicted octanol–water partition coefficient (Wildman–Crippen LogP) is 13.6. The lowest BCUT2D eigenvalue weighted by Crippen LogP contribution is -2.30. The third kappa shape index (κ3) is 38.6. The maximum Gasteiger partial charge on any atom is 0.306 e. The minimum atomic E-state index is -0.785. The van der Waals surface area contributed by atoms with Crippen molar-refractivity contribution in [3.8, 4) is 0 Å². The fourth-order valence-electron chi connectivity index (χ4n) is 5.80. The number of esters is 3. The number of rotatable bonds is 38. The highest BCUT2D eigenvalue weighted by molar-refractivity contribution is 5.71. The molecule has 6 nitrogen and oxygen atoms in total. The molecule has 0 amide bonds. The van der Waals surface area contributed by atoms with Gasteiger partial charge in [-0.25, -0.2) is 0 Å². The Hall–Kier alpha value is -2.63. The summed E-state index contributed by atoms with van der Waals surface area (Å²) in [4.78, 5) is 37.5. The molecule has 0 aliphatic heterocycles. The molecule has 52 heavy (non-hydrogen) atoms. The molecule has 0 aromatic heterocycles. The van der Waals surface area contributed by atoms with E-state index in [9.17, 15) is 14.4 Å². The Morgan fingerprint density at radius 1 is 0.404 bits per heavy atom. The molecule has 0 N–H and O–H groups in total. The van der Waals surface area contributed by atoms with E-state index in [-0.39, 0.29) is 31.1 Å². The summed E-state index contributed by atoms with van der Waals surface area (Å²) in [6, 6.07) is 0. The second-order valence-corrected chi connectivity index (χ2v) is 14.2. The first-order chi connectivity index (χ1) is 25.5. The number of hydrogen-bond donors (Lipinski definition) is 0. The molecule has 0 saturated heterocycles. The van der Waals surface area contributed by atoms with Crippen LogP contribution in [0.3, 0.4) is 0 Å². The lowest BCUT2D eigenvalue weighted by atomic mass is 10.1. The molecule has 1 unspecified atom stereocenters. The first-order valence-electron chi connectivity index (χ1n) is 21.6. The first-order valence-corrected chi connectivity index (χ1v) is 21.6. The summed E-state index contributed by atoms with van der Waals surface area (Å²) in [5.41, 5.74) is 0. The average molecular weight is 729 g/mol. The van der Waals surface area contributed by atoms with Crippen LogP contribution in [0.5, 0.6) is 0 Å². The standard InChI is InChI=1S/C46H80O6/c1-4-7-10-13-16-18-20-22-24-25-27-30-33-36-39-45(48)51-42-43(41-50-44(47)38-35-32-29-15-12-9-6-3)52-46(49)40-37-34-31-28-26-23-21-19-17-14-11-8-5-2/h8,11,17,19-20,22-23,26,43H,4-7,9-10,12-16,18,21,24-25,27-42H2,1-3H3/b11-8-,19-17-,22-20-,26-23-. The summed E-state index contributed by atoms with van der Waals surface area (Å²) in [6.45, 7) is 6.42. The van der Waals surface area contributed by atoms with Gasteiger partial charge in [0.2, 0.25) is 0 Å². The predicted molar refractivity (Wildman–Crippen MR) is 219 cm³/mol. The van der Waals surface area contributed by atoms with E-state index in [4.69, 9.17) is 14.2 Å². The number of allylic oxidation sites excluding steroid dienone is 8. The zero-order chi connectivity index (χ0) is 38.0. The van der Waals surface area contributed by atoms with Gasteiger partial charge >= 0.3 is 17.9 Å². The monoisotopic (exact) mass is 729 g/mol. The van der Waals surface area contributed by atoms with Crippen molar-refractivity contribution in [1.29, 1.82) is 0 Å². The third-order valence-corrected chi connectivity index (χ3v) is 9.07. The van der Waals surface area contributed by atoms with Crippen LogP contribution >= 0.6 is 0 Å². The molecule has 0 aromatic carbocycles. The van der Waals surface area contributed by atoms with Gasteiger partial charge in [-0.2, -0.15) is 0 Å². The molecule has 0 heterocycles. The molecule has 0 radical (unpaired) electrons. The molecule has 0 spiro atoms. The zero-order valence-electron chi connectivity index (χ0n) is 34.1. The Morgan fingerprint density at radius 2 is 0.750 bits per heavy atom. The summed E-state index contributed by atoms with van der Waals surface area (Å²) >= 11 is 0. The molecule has 0 aliphatic carbocycles. The SMILES string of the molecule is CC/C=C\C/C=C\C/C=C\CCCCCC(=O)OC(COC(=O)CCCCCCC/C=C\CCCCCCC)COC(=O)CCCCCCCCC. The average Bonchev–Trinajstić information content (AvgIpc) is 3.14. The fourth-order valence-corrected chi connectivity index (χ4v) is 5.80. The number of ether oxygens (including phenoxy) is 3. The summed E-state index contributed by atoms with van der Waals surface area (Å²) < 4.78 is 16.6. The van der Waals surface area contributed by atoms with E-state index < -0.39 is 6.10 Å². The highest BCUT2D eigenvalue weighted by Gasteiger charge is 2.19. The van der Waals surface area contributed by atoms with Crippen LogP contribution in [-0.2, 0) is 28.6 Å². The van der Waals surface area contributed by atoms with Gasteiger partial charge in [0.1, 0.15) is 13.2 Å². The van der Waals surface area contributed by atoms with Crippen LogP contribution in [0.4, 0.5) is 0 Å². The first kappa shape index (κ1) is 49.4. The van der Waals surface area contributed by atoms with Crippen LogP contribution in [0.2, 0.25) is 0 Å². The van der Waals surface area contributed by atoms with Gasteiger partial charge in [0.15, 0.2) is 6.10 Å². The molecule has 1 atom stereocenters. The van der Waals surface area contributed by atoms with Crippen molar-refractivity contribution in [2.45, 2.75) is 213 Å². The van der Waals surface area contributed by atoms with Crippen LogP contribution in [0.1, 0.15) is 207 Å². The van der Waals surface area contributed by atoms with Crippen molar-refractivity contribution in [3.63, 3.8) is 0 Å². The highest BCUT2D eigenvalue weighted by Crippen LogP contribution is 2.13. The topological polar surface area (TPSA) is 78.9 Å². The Balaban J connectivity index is 4.38. The van der Waals surface area contributed by atoms with Crippen molar-refractivity contribution in [3.05, 3.63) is 48.6 Å². The maximum atomic E-state index is 12.6. The van der Waals surface area contributed by atoms with Crippen molar-refractivity contribution in [2.24, 2.45) is 0 Å². The molecule has 0 saturated carbocycles. The Bertz CT molecular complexity index is 933. The molecule has 6 heteroatoms. The Labute approximate surface area is 320 Å². The zero-order valence-corrected chi connectivity index (χ0v) is 34.1. The second-order valence-electron chi connectivity index (χ2n) is 14.2. The van der Waals surface area contributed by atoms with Crippen molar-refractivity contribution < 1.29 is 28.6 Å². The maximum absolute atomic E-state index is 12.6. The van der Waals surface area contributed by atoms with Crippen LogP contribution in [0, 0.1) is 0 Å². The molecule has 0 aromatic rings. The summed E-state index contributed by atoms with van der Waals surface area (Å²) in [5, 5.41) is 0. The Kier molecular flexibility index (Phi) is 39.1. The molecule has 0 bridgehead atoms. The number of unbranched alkanes of at least 4 members (excludes halogenated alkanes) is 19. The van der Waals surface area contributed by atoms with Gasteiger partial charge in [0.05, 0.1) is 0 Å². The lowest BCUT2D eigenvalue weighted by Gasteiger charge is -2.18. The smallest absolute Gasteiger partial charge is 0.306 e. The van der Waals surface area contributed by atoms with Crippen LogP contribution in [0.15, 0.2) is 48.6 Å². The molecule has 0 fully saturated rings. The van der Waals surface area contributed by atoms with Gasteiger partial charge in [0, 0.05) is 19.3 Å². The minimum Gasteiger partial charge on any atom is -0.462 e. The lowest BCUT2D eigenvalue weighted by molar-refractivity contribution is -0.167. The van der Waals surface area contributed by atoms with Gasteiger partial charge in [-0.05, 0) is 77.0 Å². The van der Waals surface area contributed by atoms with Gasteiger partial charge in [0.25, 0.3) is 0 Å². The van der Waals surface area contributed by atoms with Crippen LogP contribution in [-0.4, -0.2) is 37.2 Å². The normalized spacial score (nSPS) is 12.4. The van der Waals surface area contributed by atoms with Crippen molar-refractivity contribution >= 4 is 17.9 Å². The van der Waals surface area contributed by atoms with E-state index in [2.05, 4.69) is 69.4 Å². The summed E-state index contributed by atoms with van der Waals surface area (Å²) in [7, 11) is 0.